The number of carbonyl (C=O) groups excluding carboxylic acids is 2. The van der Waals surface area contributed by atoms with E-state index in [1.165, 1.54) is 23.1 Å². The largest absolute Gasteiger partial charge is 0.465 e. The van der Waals surface area contributed by atoms with Gasteiger partial charge in [-0.1, -0.05) is 42.1 Å². The average Bonchev–Trinajstić information content (AvgIpc) is 3.46. The van der Waals surface area contributed by atoms with Gasteiger partial charge in [0, 0.05) is 19.6 Å². The van der Waals surface area contributed by atoms with Gasteiger partial charge in [-0.15, -0.1) is 11.3 Å². The molecule has 9 heteroatoms. The molecule has 0 radical (unpaired) electrons. The molecule has 3 heterocycles. The maximum atomic E-state index is 13.6. The molecule has 7 nitrogen and oxygen atoms in total. The van der Waals surface area contributed by atoms with Crippen molar-refractivity contribution in [1.29, 1.82) is 0 Å². The van der Waals surface area contributed by atoms with Crippen LogP contribution in [0, 0.1) is 6.92 Å². The van der Waals surface area contributed by atoms with Gasteiger partial charge in [-0.25, -0.2) is 4.98 Å². The topological polar surface area (TPSA) is 81.5 Å². The van der Waals surface area contributed by atoms with Crippen molar-refractivity contribution in [2.24, 2.45) is 0 Å². The summed E-state index contributed by atoms with van der Waals surface area (Å²) < 4.78 is 6.67. The van der Waals surface area contributed by atoms with Crippen molar-refractivity contribution in [3.63, 3.8) is 0 Å². The van der Waals surface area contributed by atoms with E-state index in [4.69, 9.17) is 9.72 Å². The number of hydrogen-bond acceptors (Lipinski definition) is 7. The Balaban J connectivity index is 1.72. The number of hydrogen-bond donors (Lipinski definition) is 0. The summed E-state index contributed by atoms with van der Waals surface area (Å²) in [5, 5.41) is 0.967. The van der Waals surface area contributed by atoms with Crippen LogP contribution in [0.3, 0.4) is 0 Å². The summed E-state index contributed by atoms with van der Waals surface area (Å²) in [6.45, 7) is 5.83. The highest BCUT2D eigenvalue weighted by atomic mass is 32.2. The first-order valence-corrected chi connectivity index (χ1v) is 12.9. The lowest BCUT2D eigenvalue weighted by Gasteiger charge is -2.14. The van der Waals surface area contributed by atoms with Crippen LogP contribution in [0.15, 0.2) is 40.3 Å². The van der Waals surface area contributed by atoms with E-state index in [0.717, 1.165) is 31.5 Å². The SMILES string of the molecule is CCOC(=O)CSc1nc2sc(C(=O)N3CCCC3)c(C)c2c(=O)n1CCc1ccccc1. The van der Waals surface area contributed by atoms with Gasteiger partial charge in [0.05, 0.1) is 22.6 Å². The van der Waals surface area contributed by atoms with E-state index in [1.807, 2.05) is 42.2 Å². The van der Waals surface area contributed by atoms with Crippen molar-refractivity contribution in [1.82, 2.24) is 14.5 Å². The lowest BCUT2D eigenvalue weighted by molar-refractivity contribution is -0.139. The number of carbonyl (C=O) groups is 2. The lowest BCUT2D eigenvalue weighted by atomic mass is 10.1. The quantitative estimate of drug-likeness (QED) is 0.273. The molecular weight excluding hydrogens is 458 g/mol. The molecule has 3 aromatic rings. The number of rotatable bonds is 8. The van der Waals surface area contributed by atoms with Gasteiger partial charge in [-0.05, 0) is 44.2 Å². The van der Waals surface area contributed by atoms with E-state index < -0.39 is 0 Å². The fraction of sp³-hybridized carbons (Fsp3) is 0.417. The summed E-state index contributed by atoms with van der Waals surface area (Å²) in [5.74, 6) is -0.302. The second kappa shape index (κ2) is 10.5. The zero-order valence-corrected chi connectivity index (χ0v) is 20.5. The molecule has 1 aromatic carbocycles. The van der Waals surface area contributed by atoms with E-state index in [9.17, 15) is 14.4 Å². The molecule has 0 unspecified atom stereocenters. The van der Waals surface area contributed by atoms with Gasteiger partial charge < -0.3 is 9.64 Å². The van der Waals surface area contributed by atoms with Crippen molar-refractivity contribution < 1.29 is 14.3 Å². The van der Waals surface area contributed by atoms with Crippen molar-refractivity contribution in [3.05, 3.63) is 56.7 Å². The van der Waals surface area contributed by atoms with E-state index in [2.05, 4.69) is 0 Å². The first kappa shape index (κ1) is 23.5. The molecule has 2 aromatic heterocycles. The number of amides is 1. The molecule has 4 rings (SSSR count). The minimum atomic E-state index is -0.348. The number of ether oxygens (including phenoxy) is 1. The molecule has 1 saturated heterocycles. The monoisotopic (exact) mass is 485 g/mol. The summed E-state index contributed by atoms with van der Waals surface area (Å²) in [4.78, 5) is 46.3. The Bertz CT molecular complexity index is 1210. The Morgan fingerprint density at radius 1 is 1.18 bits per heavy atom. The standard InChI is InChI=1S/C24H27N3O4S2/c1-3-31-18(28)15-32-24-25-21-19(16(2)20(33-21)23(30)26-12-7-8-13-26)22(29)27(24)14-11-17-9-5-4-6-10-17/h4-6,9-10H,3,7-8,11-15H2,1-2H3. The Hall–Kier alpha value is -2.65. The smallest absolute Gasteiger partial charge is 0.316 e. The molecular formula is C24H27N3O4S2. The van der Waals surface area contributed by atoms with Gasteiger partial charge in [0.25, 0.3) is 11.5 Å². The summed E-state index contributed by atoms with van der Waals surface area (Å²) in [6.07, 6.45) is 2.67. The minimum Gasteiger partial charge on any atom is -0.465 e. The summed E-state index contributed by atoms with van der Waals surface area (Å²) in [6, 6.07) is 9.93. The summed E-state index contributed by atoms with van der Waals surface area (Å²) in [5.41, 5.74) is 1.63. The first-order chi connectivity index (χ1) is 16.0. The summed E-state index contributed by atoms with van der Waals surface area (Å²) >= 11 is 2.47. The zero-order valence-electron chi connectivity index (χ0n) is 18.8. The first-order valence-electron chi connectivity index (χ1n) is 11.1. The zero-order chi connectivity index (χ0) is 23.4. The second-order valence-electron chi connectivity index (χ2n) is 7.92. The van der Waals surface area contributed by atoms with E-state index >= 15 is 0 Å². The molecule has 0 saturated carbocycles. The molecule has 174 valence electrons. The predicted molar refractivity (Wildman–Crippen MR) is 131 cm³/mol. The van der Waals surface area contributed by atoms with Crippen LogP contribution in [0.1, 0.15) is 40.6 Å². The number of aryl methyl sites for hydroxylation is 2. The van der Waals surface area contributed by atoms with Gasteiger partial charge in [-0.2, -0.15) is 0 Å². The van der Waals surface area contributed by atoms with Crippen LogP contribution in [0.2, 0.25) is 0 Å². The Morgan fingerprint density at radius 2 is 1.91 bits per heavy atom. The van der Waals surface area contributed by atoms with Crippen molar-refractivity contribution in [2.75, 3.05) is 25.4 Å². The second-order valence-corrected chi connectivity index (χ2v) is 9.86. The highest BCUT2D eigenvalue weighted by Gasteiger charge is 2.26. The highest BCUT2D eigenvalue weighted by molar-refractivity contribution is 7.99. The Labute approximate surface area is 200 Å². The molecule has 0 spiro atoms. The Kier molecular flexibility index (Phi) is 7.49. The van der Waals surface area contributed by atoms with Crippen LogP contribution in [0.25, 0.3) is 10.2 Å². The van der Waals surface area contributed by atoms with E-state index in [0.29, 0.717) is 45.4 Å². The number of esters is 1. The fourth-order valence-corrected chi connectivity index (χ4v) is 6.00. The predicted octanol–water partition coefficient (Wildman–Crippen LogP) is 3.90. The van der Waals surface area contributed by atoms with Crippen molar-refractivity contribution in [2.45, 2.75) is 44.8 Å². The van der Waals surface area contributed by atoms with Crippen molar-refractivity contribution in [3.8, 4) is 0 Å². The molecule has 1 aliphatic rings. The number of likely N-dealkylation sites (tertiary alicyclic amines) is 1. The van der Waals surface area contributed by atoms with Crippen LogP contribution in [0.5, 0.6) is 0 Å². The lowest BCUT2D eigenvalue weighted by Crippen LogP contribution is -2.27. The maximum Gasteiger partial charge on any atom is 0.316 e. The molecule has 0 N–H and O–H groups in total. The molecule has 0 aliphatic carbocycles. The minimum absolute atomic E-state index is 0.0241. The number of fused-ring (bicyclic) bond motifs is 1. The normalized spacial score (nSPS) is 13.6. The van der Waals surface area contributed by atoms with Gasteiger partial charge in [-0.3, -0.25) is 19.0 Å². The Morgan fingerprint density at radius 3 is 2.61 bits per heavy atom. The van der Waals surface area contributed by atoms with E-state index in [-0.39, 0.29) is 23.2 Å². The van der Waals surface area contributed by atoms with Crippen LogP contribution < -0.4 is 5.56 Å². The number of benzene rings is 1. The van der Waals surface area contributed by atoms with E-state index in [1.54, 1.807) is 11.5 Å². The number of thiophene rings is 1. The number of nitrogens with zero attached hydrogens (tertiary/aromatic N) is 3. The molecule has 1 aliphatic heterocycles. The maximum absolute atomic E-state index is 13.6. The molecule has 1 amide bonds. The number of thioether (sulfide) groups is 1. The molecule has 0 atom stereocenters. The van der Waals surface area contributed by atoms with Crippen LogP contribution in [0.4, 0.5) is 0 Å². The highest BCUT2D eigenvalue weighted by Crippen LogP contribution is 2.31. The summed E-state index contributed by atoms with van der Waals surface area (Å²) in [7, 11) is 0. The third-order valence-corrected chi connectivity index (χ3v) is 7.82. The molecule has 0 bridgehead atoms. The average molecular weight is 486 g/mol. The molecule has 1 fully saturated rings. The third-order valence-electron chi connectivity index (χ3n) is 5.69. The van der Waals surface area contributed by atoms with Crippen LogP contribution in [-0.2, 0) is 22.5 Å². The van der Waals surface area contributed by atoms with Gasteiger partial charge in [0.1, 0.15) is 4.83 Å². The van der Waals surface area contributed by atoms with Crippen LogP contribution in [-0.4, -0.2) is 51.8 Å². The van der Waals surface area contributed by atoms with Crippen LogP contribution >= 0.6 is 23.1 Å². The van der Waals surface area contributed by atoms with Gasteiger partial charge in [0.2, 0.25) is 0 Å². The van der Waals surface area contributed by atoms with Crippen molar-refractivity contribution >= 4 is 45.2 Å². The molecule has 33 heavy (non-hydrogen) atoms. The fourth-order valence-electron chi connectivity index (χ4n) is 3.98. The van der Waals surface area contributed by atoms with Gasteiger partial charge in [0.15, 0.2) is 5.16 Å². The third kappa shape index (κ3) is 5.14. The number of aromatic nitrogens is 2. The van der Waals surface area contributed by atoms with Gasteiger partial charge >= 0.3 is 5.97 Å².